The number of aryl methyl sites for hydroxylation is 1. The molecule has 2 aromatic rings. The van der Waals surface area contributed by atoms with E-state index in [2.05, 4.69) is 5.32 Å². The molecule has 19 heavy (non-hydrogen) atoms. The highest BCUT2D eigenvalue weighted by molar-refractivity contribution is 6.01. The molecule has 96 valence electrons. The number of nitrogens with one attached hydrogen (secondary N) is 1. The van der Waals surface area contributed by atoms with Crippen molar-refractivity contribution in [2.75, 3.05) is 0 Å². The molecule has 2 aromatic heterocycles. The van der Waals surface area contributed by atoms with Crippen LogP contribution in [0.1, 0.15) is 17.3 Å². The second-order valence-corrected chi connectivity index (χ2v) is 3.88. The van der Waals surface area contributed by atoms with Gasteiger partial charge in [0.05, 0.1) is 12.8 Å². The Morgan fingerprint density at radius 2 is 2.32 bits per heavy atom. The molecule has 0 aliphatic rings. The minimum atomic E-state index is -0.465. The molecule has 1 N–H and O–H groups in total. The molecule has 0 bridgehead atoms. The molecule has 0 aliphatic carbocycles. The second-order valence-electron chi connectivity index (χ2n) is 3.88. The highest BCUT2D eigenvalue weighted by Crippen LogP contribution is 2.11. The van der Waals surface area contributed by atoms with Crippen LogP contribution in [0.4, 0.5) is 0 Å². The summed E-state index contributed by atoms with van der Waals surface area (Å²) in [6.07, 6.45) is 2.93. The van der Waals surface area contributed by atoms with Crippen LogP contribution in [0.2, 0.25) is 0 Å². The zero-order valence-corrected chi connectivity index (χ0v) is 10.3. The lowest BCUT2D eigenvalue weighted by atomic mass is 10.2. The van der Waals surface area contributed by atoms with Crippen LogP contribution in [-0.4, -0.2) is 5.91 Å². The van der Waals surface area contributed by atoms with E-state index in [4.69, 9.17) is 14.1 Å². The predicted molar refractivity (Wildman–Crippen MR) is 67.6 cm³/mol. The largest absolute Gasteiger partial charge is 0.467 e. The Hall–Kier alpha value is -2.74. The first-order chi connectivity index (χ1) is 9.19. The lowest BCUT2D eigenvalue weighted by molar-refractivity contribution is -0.117. The molecule has 0 aliphatic heterocycles. The van der Waals surface area contributed by atoms with Gasteiger partial charge in [0.15, 0.2) is 0 Å². The predicted octanol–water partition coefficient (Wildman–Crippen LogP) is 2.40. The molecule has 0 radical (unpaired) electrons. The summed E-state index contributed by atoms with van der Waals surface area (Å²) >= 11 is 0. The summed E-state index contributed by atoms with van der Waals surface area (Å²) in [6.45, 7) is 2.03. The van der Waals surface area contributed by atoms with Gasteiger partial charge in [-0.15, -0.1) is 0 Å². The third kappa shape index (κ3) is 3.36. The van der Waals surface area contributed by atoms with E-state index < -0.39 is 5.91 Å². The van der Waals surface area contributed by atoms with Crippen LogP contribution in [0.25, 0.3) is 6.08 Å². The summed E-state index contributed by atoms with van der Waals surface area (Å²) in [4.78, 5) is 11.8. The molecule has 0 fully saturated rings. The molecule has 5 nitrogen and oxygen atoms in total. The molecule has 0 saturated heterocycles. The van der Waals surface area contributed by atoms with E-state index in [1.54, 1.807) is 31.2 Å². The Balaban J connectivity index is 2.03. The number of nitriles is 1. The van der Waals surface area contributed by atoms with Crippen LogP contribution in [0.15, 0.2) is 44.9 Å². The monoisotopic (exact) mass is 256 g/mol. The number of amides is 1. The fraction of sp³-hybridized carbons (Fsp3) is 0.143. The van der Waals surface area contributed by atoms with Crippen molar-refractivity contribution in [3.8, 4) is 6.07 Å². The first kappa shape index (κ1) is 12.7. The molecule has 0 spiro atoms. The molecule has 0 saturated carbocycles. The third-order valence-electron chi connectivity index (χ3n) is 2.42. The highest BCUT2D eigenvalue weighted by Gasteiger charge is 2.10. The number of carbonyl (C=O) groups is 1. The maximum Gasteiger partial charge on any atom is 0.262 e. The molecule has 2 heterocycles. The van der Waals surface area contributed by atoms with Crippen LogP contribution in [0.5, 0.6) is 0 Å². The molecule has 0 unspecified atom stereocenters. The zero-order valence-electron chi connectivity index (χ0n) is 10.3. The second kappa shape index (κ2) is 5.74. The average Bonchev–Trinajstić information content (AvgIpc) is 3.04. The van der Waals surface area contributed by atoms with Crippen LogP contribution in [0, 0.1) is 18.3 Å². The first-order valence-corrected chi connectivity index (χ1v) is 5.68. The van der Waals surface area contributed by atoms with Gasteiger partial charge in [-0.3, -0.25) is 4.79 Å². The van der Waals surface area contributed by atoms with E-state index in [0.29, 0.717) is 11.5 Å². The number of rotatable bonds is 4. The average molecular weight is 256 g/mol. The number of furan rings is 2. The summed E-state index contributed by atoms with van der Waals surface area (Å²) < 4.78 is 10.4. The van der Waals surface area contributed by atoms with Crippen LogP contribution in [-0.2, 0) is 11.3 Å². The lowest BCUT2D eigenvalue weighted by Crippen LogP contribution is -2.23. The Labute approximate surface area is 110 Å². The van der Waals surface area contributed by atoms with Crippen molar-refractivity contribution in [2.24, 2.45) is 0 Å². The van der Waals surface area contributed by atoms with Crippen LogP contribution >= 0.6 is 0 Å². The number of hydrogen-bond donors (Lipinski definition) is 1. The van der Waals surface area contributed by atoms with E-state index in [1.807, 2.05) is 6.07 Å². The molecule has 0 aromatic carbocycles. The van der Waals surface area contributed by atoms with Crippen LogP contribution in [0.3, 0.4) is 0 Å². The molecule has 0 atom stereocenters. The standard InChI is InChI=1S/C14H12N2O3/c1-10-4-5-12(19-10)7-11(8-15)14(17)16-9-13-3-2-6-18-13/h2-7H,9H2,1H3,(H,16,17)/b11-7+. The summed E-state index contributed by atoms with van der Waals surface area (Å²) in [5, 5.41) is 11.6. The van der Waals surface area contributed by atoms with Crippen molar-refractivity contribution in [3.05, 3.63) is 53.4 Å². The first-order valence-electron chi connectivity index (χ1n) is 5.68. The number of nitrogens with zero attached hydrogens (tertiary/aromatic N) is 1. The van der Waals surface area contributed by atoms with Crippen molar-refractivity contribution in [2.45, 2.75) is 13.5 Å². The van der Waals surface area contributed by atoms with Gasteiger partial charge in [0.25, 0.3) is 5.91 Å². The fourth-order valence-corrected chi connectivity index (χ4v) is 1.50. The van der Waals surface area contributed by atoms with Gasteiger partial charge < -0.3 is 14.2 Å². The highest BCUT2D eigenvalue weighted by atomic mass is 16.3. The summed E-state index contributed by atoms with van der Waals surface area (Å²) in [6, 6.07) is 8.79. The van der Waals surface area contributed by atoms with E-state index in [9.17, 15) is 4.79 Å². The zero-order chi connectivity index (χ0) is 13.7. The normalized spacial score (nSPS) is 11.1. The van der Waals surface area contributed by atoms with Gasteiger partial charge in [-0.05, 0) is 31.2 Å². The van der Waals surface area contributed by atoms with Crippen LogP contribution < -0.4 is 5.32 Å². The topological polar surface area (TPSA) is 79.2 Å². The van der Waals surface area contributed by atoms with E-state index in [-0.39, 0.29) is 12.1 Å². The molecular weight excluding hydrogens is 244 g/mol. The van der Waals surface area contributed by atoms with E-state index in [0.717, 1.165) is 5.76 Å². The van der Waals surface area contributed by atoms with Gasteiger partial charge in [0, 0.05) is 6.08 Å². The van der Waals surface area contributed by atoms with Crippen molar-refractivity contribution in [3.63, 3.8) is 0 Å². The molecular formula is C14H12N2O3. The van der Waals surface area contributed by atoms with E-state index >= 15 is 0 Å². The maximum absolute atomic E-state index is 11.8. The lowest BCUT2D eigenvalue weighted by Gasteiger charge is -2.01. The van der Waals surface area contributed by atoms with Gasteiger partial charge in [0.1, 0.15) is 28.9 Å². The number of hydrogen-bond acceptors (Lipinski definition) is 4. The van der Waals surface area contributed by atoms with Gasteiger partial charge in [-0.1, -0.05) is 0 Å². The third-order valence-corrected chi connectivity index (χ3v) is 2.42. The Kier molecular flexibility index (Phi) is 3.84. The Morgan fingerprint density at radius 3 is 2.89 bits per heavy atom. The summed E-state index contributed by atoms with van der Waals surface area (Å²) in [7, 11) is 0. The van der Waals surface area contributed by atoms with Crippen molar-refractivity contribution < 1.29 is 13.6 Å². The Bertz CT molecular complexity index is 630. The number of carbonyl (C=O) groups excluding carboxylic acids is 1. The summed E-state index contributed by atoms with van der Waals surface area (Å²) in [5.74, 6) is 1.36. The molecule has 5 heteroatoms. The van der Waals surface area contributed by atoms with E-state index in [1.165, 1.54) is 12.3 Å². The van der Waals surface area contributed by atoms with Gasteiger partial charge in [0.2, 0.25) is 0 Å². The van der Waals surface area contributed by atoms with Gasteiger partial charge in [-0.25, -0.2) is 0 Å². The van der Waals surface area contributed by atoms with Crippen molar-refractivity contribution in [1.29, 1.82) is 5.26 Å². The minimum Gasteiger partial charge on any atom is -0.467 e. The Morgan fingerprint density at radius 1 is 1.47 bits per heavy atom. The van der Waals surface area contributed by atoms with Crippen molar-refractivity contribution >= 4 is 12.0 Å². The van der Waals surface area contributed by atoms with Crippen molar-refractivity contribution in [1.82, 2.24) is 5.32 Å². The van der Waals surface area contributed by atoms with Gasteiger partial charge in [-0.2, -0.15) is 5.26 Å². The maximum atomic E-state index is 11.8. The molecule has 2 rings (SSSR count). The molecule has 1 amide bonds. The fourth-order valence-electron chi connectivity index (χ4n) is 1.50. The van der Waals surface area contributed by atoms with Gasteiger partial charge >= 0.3 is 0 Å². The SMILES string of the molecule is Cc1ccc(/C=C(\C#N)C(=O)NCc2ccco2)o1. The smallest absolute Gasteiger partial charge is 0.262 e. The quantitative estimate of drug-likeness (QED) is 0.673. The summed E-state index contributed by atoms with van der Waals surface area (Å²) in [5.41, 5.74) is -0.0130. The minimum absolute atomic E-state index is 0.0130.